The lowest BCUT2D eigenvalue weighted by atomic mass is 9.46. The van der Waals surface area contributed by atoms with Gasteiger partial charge < -0.3 is 10.5 Å². The van der Waals surface area contributed by atoms with Gasteiger partial charge in [0, 0.05) is 6.42 Å². The van der Waals surface area contributed by atoms with Gasteiger partial charge in [-0.1, -0.05) is 20.3 Å². The van der Waals surface area contributed by atoms with Gasteiger partial charge >= 0.3 is 0 Å². The summed E-state index contributed by atoms with van der Waals surface area (Å²) in [5.41, 5.74) is 6.82. The van der Waals surface area contributed by atoms with Crippen molar-refractivity contribution in [2.45, 2.75) is 78.1 Å². The second kappa shape index (κ2) is 6.34. The van der Waals surface area contributed by atoms with Crippen LogP contribution in [0.2, 0.25) is 0 Å². The molecular formula is C22H37NO. The Morgan fingerprint density at radius 3 is 2.83 bits per heavy atom. The molecule has 0 aromatic carbocycles. The number of rotatable bonds is 4. The molecule has 3 fully saturated rings. The number of hydrogen-bond acceptors (Lipinski definition) is 2. The summed E-state index contributed by atoms with van der Waals surface area (Å²) in [5.74, 6) is 5.13. The zero-order chi connectivity index (χ0) is 16.8. The minimum Gasteiger partial charge on any atom is -0.498 e. The summed E-state index contributed by atoms with van der Waals surface area (Å²) in [4.78, 5) is 0. The van der Waals surface area contributed by atoms with E-state index in [2.05, 4.69) is 19.9 Å². The molecule has 0 heterocycles. The molecular weight excluding hydrogens is 294 g/mol. The normalized spacial score (nSPS) is 47.4. The third-order valence-corrected chi connectivity index (χ3v) is 8.70. The van der Waals surface area contributed by atoms with Crippen molar-refractivity contribution in [2.24, 2.45) is 40.2 Å². The van der Waals surface area contributed by atoms with Gasteiger partial charge in [0.15, 0.2) is 0 Å². The van der Waals surface area contributed by atoms with Gasteiger partial charge in [0.2, 0.25) is 0 Å². The lowest BCUT2D eigenvalue weighted by Gasteiger charge is -2.59. The predicted octanol–water partition coefficient (Wildman–Crippen LogP) is 5.28. The van der Waals surface area contributed by atoms with Crippen molar-refractivity contribution < 1.29 is 4.74 Å². The summed E-state index contributed by atoms with van der Waals surface area (Å²) in [6.45, 7) is 6.77. The molecule has 4 aliphatic rings. The first-order valence-corrected chi connectivity index (χ1v) is 10.6. The van der Waals surface area contributed by atoms with E-state index in [1.807, 2.05) is 0 Å². The smallest absolute Gasteiger partial charge is 0.0923 e. The molecule has 0 radical (unpaired) electrons. The van der Waals surface area contributed by atoms with Crippen molar-refractivity contribution in [3.8, 4) is 0 Å². The topological polar surface area (TPSA) is 35.2 Å². The van der Waals surface area contributed by atoms with Crippen LogP contribution in [-0.4, -0.2) is 13.2 Å². The third kappa shape index (κ3) is 2.64. The first kappa shape index (κ1) is 16.9. The molecule has 0 amide bonds. The summed E-state index contributed by atoms with van der Waals surface area (Å²) in [6, 6.07) is 0. The first-order valence-electron chi connectivity index (χ1n) is 10.6. The minimum absolute atomic E-state index is 0.535. The molecule has 24 heavy (non-hydrogen) atoms. The van der Waals surface area contributed by atoms with E-state index in [0.29, 0.717) is 10.8 Å². The van der Waals surface area contributed by atoms with Crippen molar-refractivity contribution in [2.75, 3.05) is 13.2 Å². The van der Waals surface area contributed by atoms with Crippen LogP contribution in [0.3, 0.4) is 0 Å². The van der Waals surface area contributed by atoms with E-state index >= 15 is 0 Å². The van der Waals surface area contributed by atoms with E-state index in [0.717, 1.165) is 43.2 Å². The van der Waals surface area contributed by atoms with Crippen molar-refractivity contribution in [1.82, 2.24) is 0 Å². The molecule has 6 atom stereocenters. The molecule has 0 saturated heterocycles. The molecule has 0 aromatic heterocycles. The van der Waals surface area contributed by atoms with Gasteiger partial charge in [-0.2, -0.15) is 0 Å². The number of nitrogens with two attached hydrogens (primary N) is 1. The van der Waals surface area contributed by atoms with Gasteiger partial charge in [0.1, 0.15) is 0 Å². The highest BCUT2D eigenvalue weighted by molar-refractivity contribution is 5.13. The van der Waals surface area contributed by atoms with Gasteiger partial charge in [0.05, 0.1) is 12.4 Å². The molecule has 0 aliphatic heterocycles. The van der Waals surface area contributed by atoms with Crippen molar-refractivity contribution in [3.05, 3.63) is 11.8 Å². The fraction of sp³-hybridized carbons (Fsp3) is 0.909. The van der Waals surface area contributed by atoms with E-state index in [-0.39, 0.29) is 0 Å². The van der Waals surface area contributed by atoms with Crippen LogP contribution in [0.1, 0.15) is 78.1 Å². The Labute approximate surface area is 148 Å². The fourth-order valence-electron chi connectivity index (χ4n) is 7.25. The van der Waals surface area contributed by atoms with Crippen molar-refractivity contribution >= 4 is 0 Å². The van der Waals surface area contributed by atoms with E-state index < -0.39 is 0 Å². The number of hydrogen-bond donors (Lipinski definition) is 1. The van der Waals surface area contributed by atoms with E-state index in [9.17, 15) is 0 Å². The maximum atomic E-state index is 6.02. The van der Waals surface area contributed by atoms with Crippen LogP contribution in [0, 0.1) is 34.5 Å². The Hall–Kier alpha value is -0.500. The molecule has 4 rings (SSSR count). The minimum atomic E-state index is 0.535. The molecule has 0 aromatic rings. The Kier molecular flexibility index (Phi) is 4.48. The van der Waals surface area contributed by atoms with Crippen molar-refractivity contribution in [1.29, 1.82) is 0 Å². The monoisotopic (exact) mass is 331 g/mol. The van der Waals surface area contributed by atoms with Gasteiger partial charge in [-0.3, -0.25) is 0 Å². The fourth-order valence-corrected chi connectivity index (χ4v) is 7.25. The Morgan fingerprint density at radius 1 is 1.12 bits per heavy atom. The molecule has 3 saturated carbocycles. The zero-order valence-corrected chi connectivity index (χ0v) is 15.9. The summed E-state index contributed by atoms with van der Waals surface area (Å²) < 4.78 is 6.02. The summed E-state index contributed by atoms with van der Waals surface area (Å²) in [7, 11) is 0. The summed E-state index contributed by atoms with van der Waals surface area (Å²) >= 11 is 0. The predicted molar refractivity (Wildman–Crippen MR) is 99.4 cm³/mol. The largest absolute Gasteiger partial charge is 0.498 e. The second-order valence-corrected chi connectivity index (χ2v) is 9.81. The quantitative estimate of drug-likeness (QED) is 0.711. The molecule has 2 heteroatoms. The highest BCUT2D eigenvalue weighted by Crippen LogP contribution is 2.65. The van der Waals surface area contributed by atoms with Crippen molar-refractivity contribution in [3.63, 3.8) is 0 Å². The van der Waals surface area contributed by atoms with Crippen LogP contribution in [0.5, 0.6) is 0 Å². The van der Waals surface area contributed by atoms with E-state index in [1.165, 1.54) is 63.5 Å². The van der Waals surface area contributed by atoms with Crippen LogP contribution in [-0.2, 0) is 4.74 Å². The van der Waals surface area contributed by atoms with E-state index in [4.69, 9.17) is 10.5 Å². The highest BCUT2D eigenvalue weighted by Gasteiger charge is 2.57. The Bertz CT molecular complexity index is 500. The molecule has 0 bridgehead atoms. The average molecular weight is 332 g/mol. The highest BCUT2D eigenvalue weighted by atomic mass is 16.5. The lowest BCUT2D eigenvalue weighted by Crippen LogP contribution is -2.51. The maximum absolute atomic E-state index is 6.02. The molecule has 136 valence electrons. The molecule has 2 nitrogen and oxygen atoms in total. The molecule has 2 N–H and O–H groups in total. The Balaban J connectivity index is 1.49. The molecule has 1 unspecified atom stereocenters. The lowest BCUT2D eigenvalue weighted by molar-refractivity contribution is -0.0924. The number of allylic oxidation sites excluding steroid dienone is 2. The first-order chi connectivity index (χ1) is 11.6. The average Bonchev–Trinajstić information content (AvgIpc) is 2.97. The molecule has 0 spiro atoms. The maximum Gasteiger partial charge on any atom is 0.0923 e. The molecule has 4 aliphatic carbocycles. The van der Waals surface area contributed by atoms with Crippen LogP contribution in [0.4, 0.5) is 0 Å². The second-order valence-electron chi connectivity index (χ2n) is 9.81. The third-order valence-electron chi connectivity index (χ3n) is 8.70. The summed E-state index contributed by atoms with van der Waals surface area (Å²) in [6.07, 6.45) is 16.3. The standard InChI is InChI=1S/C22H37NO/c1-21-10-3-5-19(21)18-7-6-16-15-17(24-14-4-13-23)8-12-22(16,2)20(18)9-11-21/h8,16,18-20H,3-7,9-15,23H2,1-2H3/t16?,18-,19-,20-,21-,22-/m0/s1. The Morgan fingerprint density at radius 2 is 2.00 bits per heavy atom. The van der Waals surface area contributed by atoms with Gasteiger partial charge in [0.25, 0.3) is 0 Å². The zero-order valence-electron chi connectivity index (χ0n) is 15.9. The van der Waals surface area contributed by atoms with Gasteiger partial charge in [-0.15, -0.1) is 0 Å². The van der Waals surface area contributed by atoms with Gasteiger partial charge in [-0.25, -0.2) is 0 Å². The van der Waals surface area contributed by atoms with Crippen LogP contribution in [0.25, 0.3) is 0 Å². The van der Waals surface area contributed by atoms with Crippen LogP contribution < -0.4 is 5.73 Å². The number of ether oxygens (including phenoxy) is 1. The number of fused-ring (bicyclic) bond motifs is 5. The van der Waals surface area contributed by atoms with E-state index in [1.54, 1.807) is 0 Å². The summed E-state index contributed by atoms with van der Waals surface area (Å²) in [5, 5.41) is 0. The van der Waals surface area contributed by atoms with Gasteiger partial charge in [-0.05, 0) is 98.5 Å². The van der Waals surface area contributed by atoms with Crippen LogP contribution in [0.15, 0.2) is 11.8 Å². The SMILES string of the molecule is C[C@@]12CCC[C@H]1[C@@H]1CCC3CC(OCCCN)=CC[C@]3(C)[C@H]1CC2. The van der Waals surface area contributed by atoms with Crippen LogP contribution >= 0.6 is 0 Å².